The first-order chi connectivity index (χ1) is 9.74. The molecule has 20 heavy (non-hydrogen) atoms. The highest BCUT2D eigenvalue weighted by Gasteiger charge is 2.05. The highest BCUT2D eigenvalue weighted by atomic mass is 15.2. The van der Waals surface area contributed by atoms with Crippen molar-refractivity contribution in [3.63, 3.8) is 0 Å². The third-order valence-electron chi connectivity index (χ3n) is 3.22. The van der Waals surface area contributed by atoms with Gasteiger partial charge in [-0.3, -0.25) is 0 Å². The van der Waals surface area contributed by atoms with E-state index in [1.165, 1.54) is 0 Å². The molecule has 0 unspecified atom stereocenters. The van der Waals surface area contributed by atoms with Crippen LogP contribution in [-0.2, 0) is 20.6 Å². The lowest BCUT2D eigenvalue weighted by molar-refractivity contribution is 0.837. The minimum absolute atomic E-state index is 0.735. The van der Waals surface area contributed by atoms with Crippen LogP contribution in [0.1, 0.15) is 5.69 Å². The van der Waals surface area contributed by atoms with Gasteiger partial charge in [0.15, 0.2) is 5.82 Å². The van der Waals surface area contributed by atoms with Crippen LogP contribution < -0.4 is 5.32 Å². The summed E-state index contributed by atoms with van der Waals surface area (Å²) in [6.07, 6.45) is 5.36. The minimum atomic E-state index is 0.735. The molecular weight excluding hydrogens is 252 g/mol. The predicted molar refractivity (Wildman–Crippen MR) is 77.0 cm³/mol. The molecule has 0 radical (unpaired) electrons. The van der Waals surface area contributed by atoms with Crippen molar-refractivity contribution in [3.8, 4) is 11.4 Å². The summed E-state index contributed by atoms with van der Waals surface area (Å²) < 4.78 is 3.90. The van der Waals surface area contributed by atoms with E-state index in [-0.39, 0.29) is 0 Å². The molecule has 0 saturated heterocycles. The number of nitrogens with zero attached hydrogens (tertiary/aromatic N) is 5. The zero-order valence-electron chi connectivity index (χ0n) is 11.5. The first kappa shape index (κ1) is 12.4. The number of nitrogens with one attached hydrogen (secondary N) is 1. The average Bonchev–Trinajstić information content (AvgIpc) is 3.05. The largest absolute Gasteiger partial charge is 0.379 e. The second kappa shape index (κ2) is 5.16. The molecule has 0 saturated carbocycles. The molecular formula is C14H16N6. The molecule has 1 N–H and O–H groups in total. The van der Waals surface area contributed by atoms with Crippen molar-refractivity contribution in [2.75, 3.05) is 5.32 Å². The number of anilines is 1. The Hall–Kier alpha value is -2.63. The van der Waals surface area contributed by atoms with Gasteiger partial charge in [0, 0.05) is 31.5 Å². The molecule has 0 fully saturated rings. The highest BCUT2D eigenvalue weighted by molar-refractivity contribution is 5.62. The van der Waals surface area contributed by atoms with E-state index >= 15 is 0 Å². The topological polar surface area (TPSA) is 60.6 Å². The summed E-state index contributed by atoms with van der Waals surface area (Å²) in [5.41, 5.74) is 3.22. The second-order valence-corrected chi connectivity index (χ2v) is 4.70. The fourth-order valence-corrected chi connectivity index (χ4v) is 2.06. The predicted octanol–water partition coefficient (Wildman–Crippen LogP) is 1.83. The first-order valence-corrected chi connectivity index (χ1v) is 6.37. The van der Waals surface area contributed by atoms with Crippen LogP contribution in [0.4, 0.5) is 5.69 Å². The van der Waals surface area contributed by atoms with Crippen molar-refractivity contribution >= 4 is 5.69 Å². The summed E-state index contributed by atoms with van der Waals surface area (Å²) in [6, 6.07) is 8.14. The van der Waals surface area contributed by atoms with Gasteiger partial charge in [0.25, 0.3) is 0 Å². The molecule has 0 aliphatic heterocycles. The summed E-state index contributed by atoms with van der Waals surface area (Å²) in [5, 5.41) is 11.4. The molecule has 0 spiro atoms. The van der Waals surface area contributed by atoms with Crippen molar-refractivity contribution in [3.05, 3.63) is 48.8 Å². The van der Waals surface area contributed by atoms with Crippen molar-refractivity contribution in [2.45, 2.75) is 6.54 Å². The number of benzene rings is 1. The number of rotatable bonds is 4. The number of imidazole rings is 1. The Labute approximate surface area is 117 Å². The van der Waals surface area contributed by atoms with Gasteiger partial charge in [-0.25, -0.2) is 4.98 Å². The number of hydrogen-bond donors (Lipinski definition) is 1. The van der Waals surface area contributed by atoms with E-state index in [9.17, 15) is 0 Å². The Morgan fingerprint density at radius 1 is 1.15 bits per heavy atom. The van der Waals surface area contributed by atoms with Crippen LogP contribution in [0.25, 0.3) is 11.4 Å². The molecule has 0 aliphatic carbocycles. The molecule has 2 aromatic heterocycles. The SMILES string of the molecule is Cn1cncc1CNc1cccc(-c2nncn2C)c1. The molecule has 3 aromatic rings. The monoisotopic (exact) mass is 268 g/mol. The summed E-state index contributed by atoms with van der Waals surface area (Å²) in [7, 11) is 3.92. The quantitative estimate of drug-likeness (QED) is 0.784. The van der Waals surface area contributed by atoms with Gasteiger partial charge in [0.1, 0.15) is 6.33 Å². The maximum atomic E-state index is 4.12. The van der Waals surface area contributed by atoms with E-state index in [1.807, 2.05) is 47.6 Å². The fourth-order valence-electron chi connectivity index (χ4n) is 2.06. The van der Waals surface area contributed by atoms with Gasteiger partial charge in [-0.1, -0.05) is 12.1 Å². The third-order valence-corrected chi connectivity index (χ3v) is 3.22. The van der Waals surface area contributed by atoms with E-state index in [0.29, 0.717) is 0 Å². The molecule has 0 bridgehead atoms. The Balaban J connectivity index is 1.78. The van der Waals surface area contributed by atoms with E-state index in [4.69, 9.17) is 0 Å². The maximum Gasteiger partial charge on any atom is 0.163 e. The van der Waals surface area contributed by atoms with E-state index < -0.39 is 0 Å². The Morgan fingerprint density at radius 2 is 2.05 bits per heavy atom. The third kappa shape index (κ3) is 2.40. The van der Waals surface area contributed by atoms with E-state index in [1.54, 1.807) is 12.7 Å². The van der Waals surface area contributed by atoms with Crippen molar-refractivity contribution in [1.29, 1.82) is 0 Å². The van der Waals surface area contributed by atoms with Crippen molar-refractivity contribution < 1.29 is 0 Å². The Kier molecular flexibility index (Phi) is 3.20. The molecule has 2 heterocycles. The molecule has 102 valence electrons. The lowest BCUT2D eigenvalue weighted by Gasteiger charge is -2.08. The van der Waals surface area contributed by atoms with Crippen LogP contribution in [0.5, 0.6) is 0 Å². The number of aromatic nitrogens is 5. The van der Waals surface area contributed by atoms with Gasteiger partial charge in [-0.2, -0.15) is 0 Å². The molecule has 0 aliphatic rings. The molecule has 6 heteroatoms. The summed E-state index contributed by atoms with van der Waals surface area (Å²) in [6.45, 7) is 0.735. The molecule has 0 atom stereocenters. The summed E-state index contributed by atoms with van der Waals surface area (Å²) in [4.78, 5) is 4.11. The molecule has 0 amide bonds. The number of hydrogen-bond acceptors (Lipinski definition) is 4. The number of aryl methyl sites for hydroxylation is 2. The van der Waals surface area contributed by atoms with E-state index in [0.717, 1.165) is 29.3 Å². The van der Waals surface area contributed by atoms with Crippen LogP contribution in [0, 0.1) is 0 Å². The van der Waals surface area contributed by atoms with Crippen LogP contribution in [0.3, 0.4) is 0 Å². The van der Waals surface area contributed by atoms with Gasteiger partial charge in [0.05, 0.1) is 18.6 Å². The van der Waals surface area contributed by atoms with Gasteiger partial charge >= 0.3 is 0 Å². The maximum absolute atomic E-state index is 4.12. The van der Waals surface area contributed by atoms with Crippen LogP contribution in [0.15, 0.2) is 43.1 Å². The highest BCUT2D eigenvalue weighted by Crippen LogP contribution is 2.20. The lowest BCUT2D eigenvalue weighted by atomic mass is 10.2. The average molecular weight is 268 g/mol. The zero-order valence-corrected chi connectivity index (χ0v) is 11.5. The van der Waals surface area contributed by atoms with Gasteiger partial charge in [0.2, 0.25) is 0 Å². The lowest BCUT2D eigenvalue weighted by Crippen LogP contribution is -2.04. The fraction of sp³-hybridized carbons (Fsp3) is 0.214. The van der Waals surface area contributed by atoms with E-state index in [2.05, 4.69) is 26.6 Å². The second-order valence-electron chi connectivity index (χ2n) is 4.70. The standard InChI is InChI=1S/C14H16N6/c1-19-9-15-7-13(19)8-16-12-5-3-4-11(6-12)14-18-17-10-20(14)2/h3-7,9-10,16H,8H2,1-2H3. The van der Waals surface area contributed by atoms with Gasteiger partial charge in [-0.15, -0.1) is 10.2 Å². The first-order valence-electron chi connectivity index (χ1n) is 6.37. The Bertz CT molecular complexity index is 712. The molecule has 1 aromatic carbocycles. The van der Waals surface area contributed by atoms with Gasteiger partial charge < -0.3 is 14.5 Å². The smallest absolute Gasteiger partial charge is 0.163 e. The van der Waals surface area contributed by atoms with Crippen LogP contribution in [0.2, 0.25) is 0 Å². The van der Waals surface area contributed by atoms with Crippen molar-refractivity contribution in [1.82, 2.24) is 24.3 Å². The van der Waals surface area contributed by atoms with Crippen LogP contribution in [-0.4, -0.2) is 24.3 Å². The Morgan fingerprint density at radius 3 is 2.75 bits per heavy atom. The normalized spacial score (nSPS) is 10.7. The van der Waals surface area contributed by atoms with Crippen molar-refractivity contribution in [2.24, 2.45) is 14.1 Å². The van der Waals surface area contributed by atoms with Crippen LogP contribution >= 0.6 is 0 Å². The molecule has 3 rings (SSSR count). The molecule has 6 nitrogen and oxygen atoms in total. The summed E-state index contributed by atoms with van der Waals surface area (Å²) in [5.74, 6) is 0.856. The minimum Gasteiger partial charge on any atom is -0.379 e. The zero-order chi connectivity index (χ0) is 13.9. The van der Waals surface area contributed by atoms with Gasteiger partial charge in [-0.05, 0) is 12.1 Å². The summed E-state index contributed by atoms with van der Waals surface area (Å²) >= 11 is 0.